The third-order valence-electron chi connectivity index (χ3n) is 5.44. The van der Waals surface area contributed by atoms with E-state index in [1.807, 2.05) is 0 Å². The van der Waals surface area contributed by atoms with E-state index >= 15 is 0 Å². The van der Waals surface area contributed by atoms with E-state index in [1.54, 1.807) is 24.3 Å². The Hall–Kier alpha value is -4.76. The minimum Gasteiger partial charge on any atom is -0.465 e. The second-order valence-electron chi connectivity index (χ2n) is 7.82. The smallest absolute Gasteiger partial charge is 0.343 e. The second-order valence-corrected chi connectivity index (χ2v) is 8.19. The average Bonchev–Trinajstić information content (AvgIpc) is 3.11. The summed E-state index contributed by atoms with van der Waals surface area (Å²) in [7, 11) is 1.19. The minimum absolute atomic E-state index is 0.0243. The fourth-order valence-corrected chi connectivity index (χ4v) is 3.75. The molecule has 3 aromatic rings. The zero-order valence-electron chi connectivity index (χ0n) is 19.6. The summed E-state index contributed by atoms with van der Waals surface area (Å²) in [4.78, 5) is 62.6. The number of nitrogens with one attached hydrogen (secondary N) is 1. The van der Waals surface area contributed by atoms with Crippen LogP contribution in [0.1, 0.15) is 38.0 Å². The number of nitrogens with zero attached hydrogens (tertiary/aromatic N) is 1. The van der Waals surface area contributed by atoms with Crippen LogP contribution in [0.5, 0.6) is 5.75 Å². The molecule has 4 rings (SSSR count). The number of amides is 2. The van der Waals surface area contributed by atoms with Gasteiger partial charge in [0, 0.05) is 11.3 Å². The number of rotatable bonds is 7. The summed E-state index contributed by atoms with van der Waals surface area (Å²) in [5.41, 5.74) is 0.969. The van der Waals surface area contributed by atoms with Crippen molar-refractivity contribution in [1.29, 1.82) is 0 Å². The Bertz CT molecular complexity index is 1460. The Morgan fingerprint density at radius 3 is 2.05 bits per heavy atom. The van der Waals surface area contributed by atoms with Gasteiger partial charge in [0.05, 0.1) is 23.9 Å². The number of imide groups is 1. The second kappa shape index (κ2) is 10.5. The lowest BCUT2D eigenvalue weighted by Gasteiger charge is -2.17. The van der Waals surface area contributed by atoms with Crippen LogP contribution in [0.4, 0.5) is 11.4 Å². The molecule has 3 aromatic carbocycles. The number of carbonyl (C=O) groups excluding carboxylic acids is 5. The summed E-state index contributed by atoms with van der Waals surface area (Å²) in [5.74, 6) is -2.74. The largest absolute Gasteiger partial charge is 0.465 e. The summed E-state index contributed by atoms with van der Waals surface area (Å²) in [6.07, 6.45) is 0. The molecule has 186 valence electrons. The Morgan fingerprint density at radius 2 is 1.43 bits per heavy atom. The molecule has 1 N–H and O–H groups in total. The molecule has 9 nitrogen and oxygen atoms in total. The summed E-state index contributed by atoms with van der Waals surface area (Å²) in [6, 6.07) is 18.1. The molecule has 1 aliphatic heterocycles. The number of benzene rings is 3. The molecule has 0 radical (unpaired) electrons. The Balaban J connectivity index is 1.49. The quantitative estimate of drug-likeness (QED) is 0.212. The molecule has 0 aliphatic carbocycles. The maximum absolute atomic E-state index is 13.1. The lowest BCUT2D eigenvalue weighted by atomic mass is 10.1. The zero-order valence-corrected chi connectivity index (χ0v) is 20.4. The van der Waals surface area contributed by atoms with Gasteiger partial charge in [-0.1, -0.05) is 23.7 Å². The van der Waals surface area contributed by atoms with E-state index in [1.165, 1.54) is 62.6 Å². The highest BCUT2D eigenvalue weighted by molar-refractivity contribution is 6.53. The molecule has 10 heteroatoms. The molecule has 1 aliphatic rings. The monoisotopic (exact) mass is 518 g/mol. The number of methoxy groups -OCH3 is 1. The molecular formula is C27H19ClN2O7. The maximum atomic E-state index is 13.1. The molecule has 2 amide bonds. The van der Waals surface area contributed by atoms with Crippen molar-refractivity contribution >= 4 is 52.5 Å². The van der Waals surface area contributed by atoms with Crippen molar-refractivity contribution in [3.05, 3.63) is 100 Å². The van der Waals surface area contributed by atoms with Crippen LogP contribution in [0.3, 0.4) is 0 Å². The van der Waals surface area contributed by atoms with Gasteiger partial charge in [0.25, 0.3) is 11.8 Å². The maximum Gasteiger partial charge on any atom is 0.343 e. The van der Waals surface area contributed by atoms with E-state index in [2.05, 4.69) is 5.32 Å². The van der Waals surface area contributed by atoms with Gasteiger partial charge in [-0.2, -0.15) is 0 Å². The predicted molar refractivity (Wildman–Crippen MR) is 135 cm³/mol. The van der Waals surface area contributed by atoms with E-state index < -0.39 is 23.8 Å². The van der Waals surface area contributed by atoms with Crippen LogP contribution in [0.15, 0.2) is 83.5 Å². The van der Waals surface area contributed by atoms with Gasteiger partial charge in [-0.3, -0.25) is 14.4 Å². The standard InChI is InChI=1S/C27H19ClN2O7/c1-15(31)16-9-13-19(14-10-16)37-26(34)17-7-11-18(12-8-17)29-23-22(28)24(32)30(25(23)33)21-6-4-3-5-20(21)27(35)36-2/h3-14,29H,1-2H3. The number of Topliss-reactive ketones (excluding diaryl/α,β-unsaturated/α-hetero) is 1. The third kappa shape index (κ3) is 5.12. The Labute approximate surface area is 216 Å². The summed E-state index contributed by atoms with van der Waals surface area (Å²) < 4.78 is 10.1. The van der Waals surface area contributed by atoms with Gasteiger partial charge < -0.3 is 14.8 Å². The van der Waals surface area contributed by atoms with Gasteiger partial charge in [0.1, 0.15) is 16.5 Å². The average molecular weight is 519 g/mol. The van der Waals surface area contributed by atoms with Gasteiger partial charge in [0.2, 0.25) is 0 Å². The molecule has 0 saturated heterocycles. The van der Waals surface area contributed by atoms with E-state index in [-0.39, 0.29) is 39.1 Å². The number of ketones is 1. The zero-order chi connectivity index (χ0) is 26.7. The van der Waals surface area contributed by atoms with Crippen molar-refractivity contribution in [3.63, 3.8) is 0 Å². The van der Waals surface area contributed by atoms with Crippen molar-refractivity contribution in [2.75, 3.05) is 17.3 Å². The van der Waals surface area contributed by atoms with Gasteiger partial charge in [-0.25, -0.2) is 14.5 Å². The molecular weight excluding hydrogens is 500 g/mol. The highest BCUT2D eigenvalue weighted by Crippen LogP contribution is 2.32. The molecule has 0 atom stereocenters. The third-order valence-corrected chi connectivity index (χ3v) is 5.79. The molecule has 0 spiro atoms. The Morgan fingerprint density at radius 1 is 0.811 bits per heavy atom. The molecule has 0 bridgehead atoms. The number of anilines is 2. The lowest BCUT2D eigenvalue weighted by Crippen LogP contribution is -2.33. The molecule has 1 heterocycles. The van der Waals surface area contributed by atoms with Crippen LogP contribution in [0.25, 0.3) is 0 Å². The van der Waals surface area contributed by atoms with Crippen LogP contribution in [0, 0.1) is 0 Å². The lowest BCUT2D eigenvalue weighted by molar-refractivity contribution is -0.120. The SMILES string of the molecule is COC(=O)c1ccccc1N1C(=O)C(Cl)=C(Nc2ccc(C(=O)Oc3ccc(C(C)=O)cc3)cc2)C1=O. The van der Waals surface area contributed by atoms with E-state index in [9.17, 15) is 24.0 Å². The number of halogens is 1. The number of para-hydroxylation sites is 1. The highest BCUT2D eigenvalue weighted by Gasteiger charge is 2.40. The molecule has 0 unspecified atom stereocenters. The number of carbonyl (C=O) groups is 5. The van der Waals surface area contributed by atoms with E-state index in [4.69, 9.17) is 21.1 Å². The van der Waals surface area contributed by atoms with Crippen molar-refractivity contribution in [2.24, 2.45) is 0 Å². The van der Waals surface area contributed by atoms with Crippen LogP contribution >= 0.6 is 11.6 Å². The molecule has 0 fully saturated rings. The number of esters is 2. The first-order valence-electron chi connectivity index (χ1n) is 10.9. The van der Waals surface area contributed by atoms with Crippen molar-refractivity contribution < 1.29 is 33.4 Å². The number of hydrogen-bond acceptors (Lipinski definition) is 8. The summed E-state index contributed by atoms with van der Waals surface area (Å²) in [6.45, 7) is 1.44. The molecule has 37 heavy (non-hydrogen) atoms. The first-order valence-corrected chi connectivity index (χ1v) is 11.2. The summed E-state index contributed by atoms with van der Waals surface area (Å²) >= 11 is 6.18. The van der Waals surface area contributed by atoms with Crippen molar-refractivity contribution in [1.82, 2.24) is 0 Å². The van der Waals surface area contributed by atoms with E-state index in [0.29, 0.717) is 11.3 Å². The van der Waals surface area contributed by atoms with Gasteiger partial charge in [-0.15, -0.1) is 0 Å². The van der Waals surface area contributed by atoms with Crippen molar-refractivity contribution in [2.45, 2.75) is 6.92 Å². The van der Waals surface area contributed by atoms with Crippen molar-refractivity contribution in [3.8, 4) is 5.75 Å². The highest BCUT2D eigenvalue weighted by atomic mass is 35.5. The molecule has 0 saturated carbocycles. The Kier molecular flexibility index (Phi) is 7.17. The predicted octanol–water partition coefficient (Wildman–Crippen LogP) is 4.33. The van der Waals surface area contributed by atoms with Crippen LogP contribution in [0.2, 0.25) is 0 Å². The minimum atomic E-state index is -0.804. The van der Waals surface area contributed by atoms with Gasteiger partial charge >= 0.3 is 11.9 Å². The van der Waals surface area contributed by atoms with Gasteiger partial charge in [-0.05, 0) is 67.6 Å². The fraction of sp³-hybridized carbons (Fsp3) is 0.0741. The fourth-order valence-electron chi connectivity index (χ4n) is 3.54. The van der Waals surface area contributed by atoms with E-state index in [0.717, 1.165) is 4.90 Å². The van der Waals surface area contributed by atoms with Gasteiger partial charge in [0.15, 0.2) is 5.78 Å². The topological polar surface area (TPSA) is 119 Å². The summed E-state index contributed by atoms with van der Waals surface area (Å²) in [5, 5.41) is 2.44. The first kappa shape index (κ1) is 25.3. The first-order chi connectivity index (χ1) is 17.7. The number of hydrogen-bond donors (Lipinski definition) is 1. The van der Waals surface area contributed by atoms with Crippen LogP contribution < -0.4 is 15.0 Å². The molecule has 0 aromatic heterocycles. The number of ether oxygens (including phenoxy) is 2. The normalized spacial score (nSPS) is 13.0. The van der Waals surface area contributed by atoms with Crippen LogP contribution in [-0.4, -0.2) is 36.6 Å². The van der Waals surface area contributed by atoms with Crippen LogP contribution in [-0.2, 0) is 14.3 Å².